The molecule has 5 N–H and O–H groups in total. The van der Waals surface area contributed by atoms with E-state index in [0.29, 0.717) is 42.2 Å². The summed E-state index contributed by atoms with van der Waals surface area (Å²) in [4.78, 5) is 11.9. The molecule has 2 aromatic rings. The maximum absolute atomic E-state index is 11.9. The van der Waals surface area contributed by atoms with E-state index in [1.54, 1.807) is 32.2 Å². The monoisotopic (exact) mass is 553 g/mol. The number of ether oxygens (including phenoxy) is 2. The fraction of sp³-hybridized carbons (Fsp3) is 0.519. The molecule has 37 heavy (non-hydrogen) atoms. The molecule has 204 valence electrons. The molecule has 3 rings (SSSR count). The van der Waals surface area contributed by atoms with Crippen LogP contribution in [0, 0.1) is 0 Å². The summed E-state index contributed by atoms with van der Waals surface area (Å²) in [5.41, 5.74) is 1.21. The molecule has 0 aliphatic carbocycles. The molecular formula is C27H36ClNO7S. The van der Waals surface area contributed by atoms with Crippen molar-refractivity contribution in [2.24, 2.45) is 0 Å². The van der Waals surface area contributed by atoms with Crippen LogP contribution in [0.1, 0.15) is 49.5 Å². The lowest BCUT2D eigenvalue weighted by Crippen LogP contribution is -2.52. The molecule has 1 aliphatic heterocycles. The molecule has 8 nitrogen and oxygen atoms in total. The summed E-state index contributed by atoms with van der Waals surface area (Å²) in [5.74, 6) is 0.562. The SMILES string of the molecule is CS[C@H]1O[C@@H](c2ccc(Cl)c(Cc3ccc(OCCCC(=O)NC(C)(C)CO)cc3)c2)[C@H](O)[C@@H](O)[C@@H]1O. The van der Waals surface area contributed by atoms with E-state index >= 15 is 0 Å². The van der Waals surface area contributed by atoms with E-state index in [2.05, 4.69) is 5.32 Å². The van der Waals surface area contributed by atoms with Gasteiger partial charge in [-0.3, -0.25) is 4.79 Å². The molecule has 1 heterocycles. The second-order valence-corrected chi connectivity index (χ2v) is 11.2. The fourth-order valence-electron chi connectivity index (χ4n) is 4.05. The number of carbonyl (C=O) groups is 1. The van der Waals surface area contributed by atoms with Crippen LogP contribution in [0.15, 0.2) is 42.5 Å². The van der Waals surface area contributed by atoms with Gasteiger partial charge in [-0.2, -0.15) is 0 Å². The minimum Gasteiger partial charge on any atom is -0.494 e. The number of hydrogen-bond acceptors (Lipinski definition) is 8. The maximum Gasteiger partial charge on any atom is 0.220 e. The van der Waals surface area contributed by atoms with Gasteiger partial charge in [0.05, 0.1) is 18.8 Å². The van der Waals surface area contributed by atoms with E-state index in [9.17, 15) is 25.2 Å². The maximum atomic E-state index is 11.9. The molecule has 1 saturated heterocycles. The summed E-state index contributed by atoms with van der Waals surface area (Å²) >= 11 is 7.72. The number of aliphatic hydroxyl groups excluding tert-OH is 4. The quantitative estimate of drug-likeness (QED) is 0.269. The number of aliphatic hydroxyl groups is 4. The number of rotatable bonds is 11. The Morgan fingerprint density at radius 2 is 1.81 bits per heavy atom. The molecule has 1 fully saturated rings. The number of halogens is 1. The number of nitrogens with one attached hydrogen (secondary N) is 1. The Hall–Kier alpha value is -1.85. The normalized spacial score (nSPS) is 24.1. The van der Waals surface area contributed by atoms with Crippen molar-refractivity contribution in [1.82, 2.24) is 5.32 Å². The van der Waals surface area contributed by atoms with Crippen molar-refractivity contribution in [3.63, 3.8) is 0 Å². The van der Waals surface area contributed by atoms with Gasteiger partial charge in [-0.1, -0.05) is 35.9 Å². The van der Waals surface area contributed by atoms with Gasteiger partial charge in [0.15, 0.2) is 0 Å². The Morgan fingerprint density at radius 1 is 1.11 bits per heavy atom. The van der Waals surface area contributed by atoms with Crippen LogP contribution >= 0.6 is 23.4 Å². The third-order valence-corrected chi connectivity index (χ3v) is 7.43. The number of benzene rings is 2. The zero-order valence-corrected chi connectivity index (χ0v) is 22.8. The van der Waals surface area contributed by atoms with Crippen LogP contribution in [0.25, 0.3) is 0 Å². The highest BCUT2D eigenvalue weighted by molar-refractivity contribution is 7.99. The minimum atomic E-state index is -1.32. The third-order valence-electron chi connectivity index (χ3n) is 6.21. The molecule has 1 amide bonds. The van der Waals surface area contributed by atoms with Crippen molar-refractivity contribution in [2.75, 3.05) is 19.5 Å². The average molecular weight is 554 g/mol. The molecule has 0 bridgehead atoms. The van der Waals surface area contributed by atoms with Crippen LogP contribution in [-0.4, -0.2) is 75.1 Å². The van der Waals surface area contributed by atoms with Gasteiger partial charge in [0.25, 0.3) is 0 Å². The largest absolute Gasteiger partial charge is 0.494 e. The van der Waals surface area contributed by atoms with Crippen LogP contribution in [0.3, 0.4) is 0 Å². The Labute approximate surface area is 226 Å². The lowest BCUT2D eigenvalue weighted by molar-refractivity contribution is -0.200. The van der Waals surface area contributed by atoms with Crippen LogP contribution in [0.2, 0.25) is 5.02 Å². The molecule has 2 aromatic carbocycles. The molecule has 0 spiro atoms. The molecule has 10 heteroatoms. The minimum absolute atomic E-state index is 0.126. The van der Waals surface area contributed by atoms with Crippen LogP contribution in [-0.2, 0) is 16.0 Å². The molecule has 0 saturated carbocycles. The molecule has 1 aliphatic rings. The van der Waals surface area contributed by atoms with E-state index in [4.69, 9.17) is 21.1 Å². The number of carbonyl (C=O) groups excluding carboxylic acids is 1. The van der Waals surface area contributed by atoms with Crippen molar-refractivity contribution >= 4 is 29.3 Å². The van der Waals surface area contributed by atoms with E-state index < -0.39 is 35.4 Å². The second-order valence-electron chi connectivity index (χ2n) is 9.85. The van der Waals surface area contributed by atoms with Crippen LogP contribution in [0.4, 0.5) is 0 Å². The predicted molar refractivity (Wildman–Crippen MR) is 144 cm³/mol. The zero-order valence-electron chi connectivity index (χ0n) is 21.3. The third kappa shape index (κ3) is 8.07. The Morgan fingerprint density at radius 3 is 2.46 bits per heavy atom. The van der Waals surface area contributed by atoms with E-state index in [1.165, 1.54) is 11.8 Å². The fourth-order valence-corrected chi connectivity index (χ4v) is 4.91. The van der Waals surface area contributed by atoms with Gasteiger partial charge in [-0.25, -0.2) is 0 Å². The number of hydrogen-bond donors (Lipinski definition) is 5. The van der Waals surface area contributed by atoms with Gasteiger partial charge in [-0.15, -0.1) is 11.8 Å². The molecule has 5 atom stereocenters. The topological polar surface area (TPSA) is 128 Å². The first-order chi connectivity index (χ1) is 17.5. The van der Waals surface area contributed by atoms with E-state index in [1.807, 2.05) is 30.3 Å². The van der Waals surface area contributed by atoms with Gasteiger partial charge >= 0.3 is 0 Å². The van der Waals surface area contributed by atoms with Gasteiger partial charge in [-0.05, 0) is 67.8 Å². The first kappa shape index (κ1) is 29.7. The van der Waals surface area contributed by atoms with Crippen molar-refractivity contribution in [3.8, 4) is 5.75 Å². The average Bonchev–Trinajstić information content (AvgIpc) is 2.87. The summed E-state index contributed by atoms with van der Waals surface area (Å²) in [6.07, 6.45) is -1.39. The number of thioether (sulfide) groups is 1. The first-order valence-corrected chi connectivity index (χ1v) is 13.9. The van der Waals surface area contributed by atoms with Gasteiger partial charge in [0, 0.05) is 11.4 Å². The van der Waals surface area contributed by atoms with Crippen molar-refractivity contribution in [3.05, 3.63) is 64.2 Å². The van der Waals surface area contributed by atoms with E-state index in [-0.39, 0.29) is 12.5 Å². The summed E-state index contributed by atoms with van der Waals surface area (Å²) in [7, 11) is 0. The Balaban J connectivity index is 1.57. The lowest BCUT2D eigenvalue weighted by Gasteiger charge is -2.40. The van der Waals surface area contributed by atoms with Crippen LogP contribution < -0.4 is 10.1 Å². The van der Waals surface area contributed by atoms with Gasteiger partial charge in [0.1, 0.15) is 35.6 Å². The van der Waals surface area contributed by atoms with E-state index in [0.717, 1.165) is 11.1 Å². The standard InChI is InChI=1S/C27H36ClNO7S/c1-27(2,15-30)29-21(31)5-4-12-35-19-9-6-16(7-10-19)13-18-14-17(8-11-20(18)28)25-23(33)22(32)24(34)26(36-25)37-3/h6-11,14,22-26,30,32-34H,4-5,12-13,15H2,1-3H3,(H,29,31)/t22-,23-,24+,25+,26-/m1/s1. The predicted octanol–water partition coefficient (Wildman–Crippen LogP) is 2.82. The highest BCUT2D eigenvalue weighted by atomic mass is 35.5. The Bertz CT molecular complexity index is 1030. The van der Waals surface area contributed by atoms with Gasteiger partial charge < -0.3 is 35.2 Å². The molecule has 0 aromatic heterocycles. The van der Waals surface area contributed by atoms with Crippen molar-refractivity contribution < 1.29 is 34.7 Å². The summed E-state index contributed by atoms with van der Waals surface area (Å²) < 4.78 is 11.6. The molecule has 0 unspecified atom stereocenters. The highest BCUT2D eigenvalue weighted by Gasteiger charge is 2.44. The summed E-state index contributed by atoms with van der Waals surface area (Å²) in [6.45, 7) is 3.78. The van der Waals surface area contributed by atoms with Crippen molar-refractivity contribution in [2.45, 2.75) is 68.5 Å². The highest BCUT2D eigenvalue weighted by Crippen LogP contribution is 2.37. The first-order valence-electron chi connectivity index (χ1n) is 12.2. The van der Waals surface area contributed by atoms with Crippen molar-refractivity contribution in [1.29, 1.82) is 0 Å². The second kappa shape index (κ2) is 13.3. The zero-order chi connectivity index (χ0) is 27.2. The smallest absolute Gasteiger partial charge is 0.220 e. The van der Waals surface area contributed by atoms with Gasteiger partial charge in [0.2, 0.25) is 5.91 Å². The Kier molecular flexibility index (Phi) is 10.7. The number of amides is 1. The van der Waals surface area contributed by atoms with Crippen LogP contribution in [0.5, 0.6) is 5.75 Å². The lowest BCUT2D eigenvalue weighted by atomic mass is 9.92. The molecule has 0 radical (unpaired) electrons. The summed E-state index contributed by atoms with van der Waals surface area (Å²) in [5, 5.41) is 43.5. The molecular weight excluding hydrogens is 518 g/mol. The summed E-state index contributed by atoms with van der Waals surface area (Å²) in [6, 6.07) is 12.9.